The maximum atomic E-state index is 4.86. The third kappa shape index (κ3) is 6.90. The maximum absolute atomic E-state index is 4.86. The van der Waals surface area contributed by atoms with Gasteiger partial charge in [0.25, 0.3) is 0 Å². The highest BCUT2D eigenvalue weighted by Gasteiger charge is 2.18. The molecule has 8 nitrogen and oxygen atoms in total. The first-order valence-corrected chi connectivity index (χ1v) is 16.9. The number of anilines is 4. The molecule has 0 saturated carbocycles. The van der Waals surface area contributed by atoms with Crippen LogP contribution in [0.1, 0.15) is 0 Å². The van der Waals surface area contributed by atoms with Gasteiger partial charge in [0.15, 0.2) is 0 Å². The lowest BCUT2D eigenvalue weighted by Crippen LogP contribution is -2.09. The normalized spacial score (nSPS) is 11.6. The van der Waals surface area contributed by atoms with Crippen molar-refractivity contribution in [3.63, 3.8) is 0 Å². The molecular weight excluding hydrogens is 641 g/mol. The van der Waals surface area contributed by atoms with Crippen molar-refractivity contribution in [2.45, 2.75) is 0 Å². The molecule has 0 saturated heterocycles. The molecule has 0 radical (unpaired) electrons. The van der Waals surface area contributed by atoms with Gasteiger partial charge in [-0.2, -0.15) is 0 Å². The molecule has 0 aliphatic heterocycles. The molecule has 0 aliphatic carbocycles. The second-order valence-electron chi connectivity index (χ2n) is 11.8. The molecule has 0 aromatic heterocycles. The number of fused-ring (bicyclic) bond motifs is 2. The standard InChI is InChI=1S/C44H32N8/c1-3-21-35(22-4-1)45-49-51(41-31-15-19-33-17-7-9-25-37(33)41)43-29-13-11-27-39(43)47-48-40-28-12-14-30-44(40)52(50-46-36-23-5-2-6-24-36)42-32-16-20-34-18-8-10-26-38(34)42/h1-32H. The van der Waals surface area contributed by atoms with E-state index in [9.17, 15) is 0 Å². The van der Waals surface area contributed by atoms with Crippen LogP contribution in [0.4, 0.5) is 45.5 Å². The molecule has 52 heavy (non-hydrogen) atoms. The van der Waals surface area contributed by atoms with Crippen LogP contribution in [0.2, 0.25) is 0 Å². The second-order valence-corrected chi connectivity index (χ2v) is 11.8. The lowest BCUT2D eigenvalue weighted by Gasteiger charge is -2.22. The van der Waals surface area contributed by atoms with Crippen molar-refractivity contribution in [3.8, 4) is 0 Å². The van der Waals surface area contributed by atoms with Crippen LogP contribution in [0.5, 0.6) is 0 Å². The molecule has 8 aromatic carbocycles. The zero-order chi connectivity index (χ0) is 35.0. The molecule has 0 unspecified atom stereocenters. The smallest absolute Gasteiger partial charge is 0.111 e. The monoisotopic (exact) mass is 672 g/mol. The van der Waals surface area contributed by atoms with E-state index in [1.54, 1.807) is 0 Å². The Labute approximate surface area is 301 Å². The first kappa shape index (κ1) is 31.9. The van der Waals surface area contributed by atoms with Crippen LogP contribution in [0, 0.1) is 0 Å². The van der Waals surface area contributed by atoms with Gasteiger partial charge in [-0.1, -0.05) is 144 Å². The Morgan fingerprint density at radius 1 is 0.269 bits per heavy atom. The summed E-state index contributed by atoms with van der Waals surface area (Å²) in [6.07, 6.45) is 0. The topological polar surface area (TPSA) is 80.6 Å². The Bertz CT molecular complexity index is 2360. The summed E-state index contributed by atoms with van der Waals surface area (Å²) in [7, 11) is 0. The van der Waals surface area contributed by atoms with Crippen LogP contribution in [0.15, 0.2) is 225 Å². The molecule has 0 fully saturated rings. The average molecular weight is 673 g/mol. The summed E-state index contributed by atoms with van der Waals surface area (Å²) in [5.41, 5.74) is 5.86. The molecule has 0 bridgehead atoms. The minimum Gasteiger partial charge on any atom is -0.212 e. The van der Waals surface area contributed by atoms with Crippen molar-refractivity contribution in [2.75, 3.05) is 10.0 Å². The lowest BCUT2D eigenvalue weighted by molar-refractivity contribution is 0.970. The minimum absolute atomic E-state index is 0.611. The molecule has 8 rings (SSSR count). The van der Waals surface area contributed by atoms with Crippen LogP contribution in [-0.4, -0.2) is 0 Å². The van der Waals surface area contributed by atoms with E-state index in [2.05, 4.69) is 46.6 Å². The van der Waals surface area contributed by atoms with Gasteiger partial charge in [-0.15, -0.1) is 20.5 Å². The Balaban J connectivity index is 1.23. The Morgan fingerprint density at radius 2 is 0.615 bits per heavy atom. The molecule has 0 N–H and O–H groups in total. The molecule has 0 amide bonds. The largest absolute Gasteiger partial charge is 0.212 e. The predicted molar refractivity (Wildman–Crippen MR) is 211 cm³/mol. The highest BCUT2D eigenvalue weighted by atomic mass is 15.6. The number of hydrogen-bond donors (Lipinski definition) is 0. The van der Waals surface area contributed by atoms with E-state index in [0.29, 0.717) is 11.4 Å². The number of nitrogens with zero attached hydrogens (tertiary/aromatic N) is 8. The second kappa shape index (κ2) is 15.1. The van der Waals surface area contributed by atoms with Gasteiger partial charge < -0.3 is 0 Å². The molecular formula is C44H32N8. The number of rotatable bonds is 10. The number of azo groups is 1. The summed E-state index contributed by atoms with van der Waals surface area (Å²) in [6, 6.07) is 63.7. The SMILES string of the molecule is c1ccc(N=NN(c2ccccc2N=Nc2ccccc2N(N=Nc2ccccc2)c2cccc3ccccc23)c2cccc3ccccc23)cc1. The third-order valence-corrected chi connectivity index (χ3v) is 8.49. The minimum atomic E-state index is 0.611. The van der Waals surface area contributed by atoms with Crippen molar-refractivity contribution in [1.29, 1.82) is 0 Å². The van der Waals surface area contributed by atoms with Crippen LogP contribution >= 0.6 is 0 Å². The van der Waals surface area contributed by atoms with E-state index >= 15 is 0 Å². The van der Waals surface area contributed by atoms with Gasteiger partial charge in [0.2, 0.25) is 0 Å². The Kier molecular flexibility index (Phi) is 9.25. The van der Waals surface area contributed by atoms with E-state index < -0.39 is 0 Å². The van der Waals surface area contributed by atoms with Crippen molar-refractivity contribution in [3.05, 3.63) is 194 Å². The van der Waals surface area contributed by atoms with Gasteiger partial charge in [-0.3, -0.25) is 0 Å². The summed E-state index contributed by atoms with van der Waals surface area (Å²) in [5.74, 6) is 0. The zero-order valence-electron chi connectivity index (χ0n) is 28.1. The molecule has 0 atom stereocenters. The molecule has 248 valence electrons. The van der Waals surface area contributed by atoms with Crippen LogP contribution in [0.3, 0.4) is 0 Å². The van der Waals surface area contributed by atoms with Gasteiger partial charge in [0.1, 0.15) is 11.4 Å². The van der Waals surface area contributed by atoms with E-state index in [1.165, 1.54) is 0 Å². The molecule has 0 heterocycles. The number of benzene rings is 8. The van der Waals surface area contributed by atoms with Crippen LogP contribution in [-0.2, 0) is 0 Å². The van der Waals surface area contributed by atoms with Gasteiger partial charge in [-0.25, -0.2) is 10.0 Å². The van der Waals surface area contributed by atoms with Gasteiger partial charge in [0.05, 0.1) is 34.1 Å². The number of para-hydroxylation sites is 2. The average Bonchev–Trinajstić information content (AvgIpc) is 3.22. The van der Waals surface area contributed by atoms with Crippen molar-refractivity contribution >= 4 is 67.0 Å². The Morgan fingerprint density at radius 3 is 1.08 bits per heavy atom. The van der Waals surface area contributed by atoms with E-state index in [1.807, 2.05) is 168 Å². The fourth-order valence-electron chi connectivity index (χ4n) is 5.98. The maximum Gasteiger partial charge on any atom is 0.111 e. The van der Waals surface area contributed by atoms with Crippen molar-refractivity contribution in [2.24, 2.45) is 30.9 Å². The number of hydrogen-bond acceptors (Lipinski definition) is 6. The quantitative estimate of drug-likeness (QED) is 0.107. The van der Waals surface area contributed by atoms with Gasteiger partial charge in [-0.05, 0) is 71.4 Å². The summed E-state index contributed by atoms with van der Waals surface area (Å²) in [5, 5.41) is 36.4. The first-order chi connectivity index (χ1) is 25.8. The van der Waals surface area contributed by atoms with E-state index in [-0.39, 0.29) is 0 Å². The summed E-state index contributed by atoms with van der Waals surface area (Å²) in [4.78, 5) is 0. The van der Waals surface area contributed by atoms with Gasteiger partial charge >= 0.3 is 0 Å². The first-order valence-electron chi connectivity index (χ1n) is 16.9. The summed E-state index contributed by atoms with van der Waals surface area (Å²) >= 11 is 0. The van der Waals surface area contributed by atoms with Crippen molar-refractivity contribution in [1.82, 2.24) is 0 Å². The summed E-state index contributed by atoms with van der Waals surface area (Å²) in [6.45, 7) is 0. The Hall–Kier alpha value is -7.32. The molecule has 8 heteroatoms. The van der Waals surface area contributed by atoms with Crippen LogP contribution < -0.4 is 10.0 Å². The fourth-order valence-corrected chi connectivity index (χ4v) is 5.98. The molecule has 0 spiro atoms. The molecule has 0 aliphatic rings. The van der Waals surface area contributed by atoms with Crippen LogP contribution in [0.25, 0.3) is 21.5 Å². The van der Waals surface area contributed by atoms with E-state index in [0.717, 1.165) is 55.7 Å². The van der Waals surface area contributed by atoms with E-state index in [4.69, 9.17) is 20.7 Å². The van der Waals surface area contributed by atoms with Gasteiger partial charge in [0, 0.05) is 10.8 Å². The third-order valence-electron chi connectivity index (χ3n) is 8.49. The predicted octanol–water partition coefficient (Wildman–Crippen LogP) is 14.1. The zero-order valence-corrected chi connectivity index (χ0v) is 28.1. The summed E-state index contributed by atoms with van der Waals surface area (Å²) < 4.78 is 0. The van der Waals surface area contributed by atoms with Crippen molar-refractivity contribution < 1.29 is 0 Å². The highest BCUT2D eigenvalue weighted by Crippen LogP contribution is 2.42. The highest BCUT2D eigenvalue weighted by molar-refractivity contribution is 5.98. The molecule has 8 aromatic rings. The lowest BCUT2D eigenvalue weighted by atomic mass is 10.1. The fraction of sp³-hybridized carbons (Fsp3) is 0.